The van der Waals surface area contributed by atoms with Crippen molar-refractivity contribution in [1.29, 1.82) is 0 Å². The molecule has 0 aromatic carbocycles. The number of hydrogen-bond acceptors (Lipinski definition) is 3. The fourth-order valence-corrected chi connectivity index (χ4v) is 2.32. The Hall–Kier alpha value is -1.33. The van der Waals surface area contributed by atoms with Gasteiger partial charge in [0.2, 0.25) is 0 Å². The number of methoxy groups -OCH3 is 1. The molecule has 2 rings (SSSR count). The third kappa shape index (κ3) is 2.73. The molecule has 0 saturated carbocycles. The van der Waals surface area contributed by atoms with E-state index in [0.29, 0.717) is 25.4 Å². The fraction of sp³-hybridized carbons (Fsp3) is 0.615. The quantitative estimate of drug-likeness (QED) is 0.834. The van der Waals surface area contributed by atoms with Crippen molar-refractivity contribution in [3.8, 4) is 0 Å². The van der Waals surface area contributed by atoms with Crippen molar-refractivity contribution in [3.05, 3.63) is 24.0 Å². The van der Waals surface area contributed by atoms with E-state index in [1.165, 1.54) is 0 Å². The lowest BCUT2D eigenvalue weighted by molar-refractivity contribution is 0.0768. The molecule has 1 unspecified atom stereocenters. The van der Waals surface area contributed by atoms with Crippen LogP contribution in [-0.4, -0.2) is 53.9 Å². The van der Waals surface area contributed by atoms with Gasteiger partial charge in [-0.1, -0.05) is 0 Å². The molecule has 5 nitrogen and oxygen atoms in total. The number of aliphatic hydroxyl groups excluding tert-OH is 1. The van der Waals surface area contributed by atoms with Crippen LogP contribution >= 0.6 is 0 Å². The highest BCUT2D eigenvalue weighted by Gasteiger charge is 2.27. The summed E-state index contributed by atoms with van der Waals surface area (Å²) >= 11 is 0. The zero-order valence-corrected chi connectivity index (χ0v) is 10.7. The maximum Gasteiger partial charge on any atom is 0.270 e. The van der Waals surface area contributed by atoms with Crippen LogP contribution in [0.3, 0.4) is 0 Å². The van der Waals surface area contributed by atoms with Crippen molar-refractivity contribution in [1.82, 2.24) is 9.47 Å². The van der Waals surface area contributed by atoms with Crippen LogP contribution in [0.2, 0.25) is 0 Å². The summed E-state index contributed by atoms with van der Waals surface area (Å²) in [6.07, 6.45) is 2.78. The summed E-state index contributed by atoms with van der Waals surface area (Å²) in [6, 6.07) is 3.72. The minimum atomic E-state index is 0.0482. The maximum atomic E-state index is 12.3. The molecule has 5 heteroatoms. The molecule has 1 aliphatic heterocycles. The number of nitrogens with zero attached hydrogens (tertiary/aromatic N) is 2. The van der Waals surface area contributed by atoms with E-state index in [1.54, 1.807) is 7.11 Å². The third-order valence-corrected chi connectivity index (χ3v) is 3.42. The Morgan fingerprint density at radius 2 is 2.44 bits per heavy atom. The van der Waals surface area contributed by atoms with E-state index in [2.05, 4.69) is 0 Å². The fourth-order valence-electron chi connectivity index (χ4n) is 2.32. The van der Waals surface area contributed by atoms with E-state index in [-0.39, 0.29) is 18.4 Å². The normalized spacial score (nSPS) is 19.4. The van der Waals surface area contributed by atoms with Crippen LogP contribution in [-0.2, 0) is 11.3 Å². The summed E-state index contributed by atoms with van der Waals surface area (Å²) < 4.78 is 6.95. The molecule has 0 bridgehead atoms. The lowest BCUT2D eigenvalue weighted by atomic mass is 10.1. The molecule has 1 saturated heterocycles. The third-order valence-electron chi connectivity index (χ3n) is 3.42. The Balaban J connectivity index is 2.02. The summed E-state index contributed by atoms with van der Waals surface area (Å²) in [5, 5.41) is 9.11. The Morgan fingerprint density at radius 1 is 1.61 bits per heavy atom. The van der Waals surface area contributed by atoms with Crippen molar-refractivity contribution < 1.29 is 14.6 Å². The molecule has 1 amide bonds. The first-order valence-electron chi connectivity index (χ1n) is 6.30. The number of aliphatic hydroxyl groups is 1. The minimum Gasteiger partial charge on any atom is -0.396 e. The molecule has 1 fully saturated rings. The summed E-state index contributed by atoms with van der Waals surface area (Å²) in [5.41, 5.74) is 0.700. The second-order valence-electron chi connectivity index (χ2n) is 4.67. The van der Waals surface area contributed by atoms with Crippen LogP contribution in [0.25, 0.3) is 0 Å². The molecule has 1 aliphatic rings. The average molecular weight is 252 g/mol. The molecule has 1 N–H and O–H groups in total. The van der Waals surface area contributed by atoms with Gasteiger partial charge in [0.05, 0.1) is 6.61 Å². The van der Waals surface area contributed by atoms with Gasteiger partial charge in [0.25, 0.3) is 5.91 Å². The number of rotatable bonds is 5. The second kappa shape index (κ2) is 6.02. The van der Waals surface area contributed by atoms with Gasteiger partial charge in [0.1, 0.15) is 5.69 Å². The number of ether oxygens (including phenoxy) is 1. The van der Waals surface area contributed by atoms with Crippen LogP contribution in [0.4, 0.5) is 0 Å². The maximum absolute atomic E-state index is 12.3. The van der Waals surface area contributed by atoms with Crippen LogP contribution < -0.4 is 0 Å². The first-order chi connectivity index (χ1) is 8.76. The van der Waals surface area contributed by atoms with E-state index >= 15 is 0 Å². The molecule has 0 spiro atoms. The zero-order valence-electron chi connectivity index (χ0n) is 10.7. The lowest BCUT2D eigenvalue weighted by Crippen LogP contribution is -2.31. The van der Waals surface area contributed by atoms with Crippen molar-refractivity contribution in [2.75, 3.05) is 33.4 Å². The molecule has 2 heterocycles. The van der Waals surface area contributed by atoms with Gasteiger partial charge in [-0.25, -0.2) is 0 Å². The summed E-state index contributed by atoms with van der Waals surface area (Å²) in [6.45, 7) is 2.83. The molecule has 0 aliphatic carbocycles. The van der Waals surface area contributed by atoms with Crippen LogP contribution in [0.5, 0.6) is 0 Å². The second-order valence-corrected chi connectivity index (χ2v) is 4.67. The molecule has 1 atom stereocenters. The number of likely N-dealkylation sites (tertiary alicyclic amines) is 1. The van der Waals surface area contributed by atoms with E-state index in [9.17, 15) is 4.79 Å². The Labute approximate surface area is 107 Å². The van der Waals surface area contributed by atoms with Crippen LogP contribution in [0.15, 0.2) is 18.3 Å². The molecule has 1 aromatic heterocycles. The van der Waals surface area contributed by atoms with Gasteiger partial charge in [-0.05, 0) is 18.6 Å². The molecule has 0 radical (unpaired) electrons. The average Bonchev–Trinajstić information content (AvgIpc) is 3.04. The first kappa shape index (κ1) is 13.1. The number of hydrogen-bond donors (Lipinski definition) is 1. The van der Waals surface area contributed by atoms with Crippen molar-refractivity contribution in [3.63, 3.8) is 0 Å². The highest BCUT2D eigenvalue weighted by Crippen LogP contribution is 2.18. The van der Waals surface area contributed by atoms with Gasteiger partial charge < -0.3 is 19.3 Å². The number of amides is 1. The van der Waals surface area contributed by atoms with Gasteiger partial charge in [-0.2, -0.15) is 0 Å². The molecule has 100 valence electrons. The predicted octanol–water partition coefficient (Wildman–Crippen LogP) is 0.589. The van der Waals surface area contributed by atoms with Crippen molar-refractivity contribution >= 4 is 5.91 Å². The highest BCUT2D eigenvalue weighted by molar-refractivity contribution is 5.93. The Kier molecular flexibility index (Phi) is 4.38. The largest absolute Gasteiger partial charge is 0.396 e. The molecule has 18 heavy (non-hydrogen) atoms. The van der Waals surface area contributed by atoms with E-state index in [0.717, 1.165) is 13.0 Å². The number of carbonyl (C=O) groups excluding carboxylic acids is 1. The topological polar surface area (TPSA) is 54.7 Å². The summed E-state index contributed by atoms with van der Waals surface area (Å²) in [7, 11) is 1.65. The van der Waals surface area contributed by atoms with Crippen molar-refractivity contribution in [2.45, 2.75) is 13.0 Å². The van der Waals surface area contributed by atoms with Gasteiger partial charge in [-0.15, -0.1) is 0 Å². The smallest absolute Gasteiger partial charge is 0.270 e. The molecular weight excluding hydrogens is 232 g/mol. The van der Waals surface area contributed by atoms with Gasteiger partial charge in [0.15, 0.2) is 0 Å². The monoisotopic (exact) mass is 252 g/mol. The number of aromatic nitrogens is 1. The predicted molar refractivity (Wildman–Crippen MR) is 67.4 cm³/mol. The SMILES string of the molecule is COCCn1cccc1C(=O)N1CCC(CO)C1. The van der Waals surface area contributed by atoms with Gasteiger partial charge >= 0.3 is 0 Å². The highest BCUT2D eigenvalue weighted by atomic mass is 16.5. The van der Waals surface area contributed by atoms with Crippen LogP contribution in [0, 0.1) is 5.92 Å². The van der Waals surface area contributed by atoms with Crippen LogP contribution in [0.1, 0.15) is 16.9 Å². The van der Waals surface area contributed by atoms with E-state index < -0.39 is 0 Å². The minimum absolute atomic E-state index is 0.0482. The summed E-state index contributed by atoms with van der Waals surface area (Å²) in [5.74, 6) is 0.281. The lowest BCUT2D eigenvalue weighted by Gasteiger charge is -2.17. The van der Waals surface area contributed by atoms with E-state index in [4.69, 9.17) is 9.84 Å². The van der Waals surface area contributed by atoms with Gasteiger partial charge in [0, 0.05) is 45.5 Å². The standard InChI is InChI=1S/C13H20N2O3/c1-18-8-7-14-5-2-3-12(14)13(17)15-6-4-11(9-15)10-16/h2-3,5,11,16H,4,6-10H2,1H3. The zero-order chi connectivity index (χ0) is 13.0. The number of carbonyl (C=O) groups is 1. The van der Waals surface area contributed by atoms with Gasteiger partial charge in [-0.3, -0.25) is 4.79 Å². The first-order valence-corrected chi connectivity index (χ1v) is 6.30. The van der Waals surface area contributed by atoms with E-state index in [1.807, 2.05) is 27.8 Å². The molecular formula is C13H20N2O3. The molecule has 1 aromatic rings. The Bertz CT molecular complexity index is 403. The summed E-state index contributed by atoms with van der Waals surface area (Å²) in [4.78, 5) is 14.2. The Morgan fingerprint density at radius 3 is 3.11 bits per heavy atom. The van der Waals surface area contributed by atoms with Crippen molar-refractivity contribution in [2.24, 2.45) is 5.92 Å².